The molecule has 0 aliphatic carbocycles. The maximum absolute atomic E-state index is 13.1. The van der Waals surface area contributed by atoms with Crippen molar-refractivity contribution in [3.05, 3.63) is 77.1 Å². The molecular formula is C19H17FN4O3. The fourth-order valence-electron chi connectivity index (χ4n) is 2.37. The van der Waals surface area contributed by atoms with Gasteiger partial charge in [-0.3, -0.25) is 14.7 Å². The summed E-state index contributed by atoms with van der Waals surface area (Å²) in [4.78, 5) is 28.6. The average molecular weight is 368 g/mol. The van der Waals surface area contributed by atoms with Gasteiger partial charge >= 0.3 is 6.03 Å². The average Bonchev–Trinajstić information content (AvgIpc) is 2.66. The number of urea groups is 1. The van der Waals surface area contributed by atoms with Gasteiger partial charge in [0.25, 0.3) is 5.56 Å². The molecular weight excluding hydrogens is 351 g/mol. The van der Waals surface area contributed by atoms with Crippen molar-refractivity contribution in [2.24, 2.45) is 0 Å². The van der Waals surface area contributed by atoms with E-state index in [-0.39, 0.29) is 5.82 Å². The maximum atomic E-state index is 13.1. The van der Waals surface area contributed by atoms with Crippen LogP contribution >= 0.6 is 0 Å². The molecule has 3 rings (SSSR count). The van der Waals surface area contributed by atoms with Crippen LogP contribution in [0.15, 0.2) is 65.7 Å². The van der Waals surface area contributed by atoms with Crippen molar-refractivity contribution in [1.82, 2.24) is 9.55 Å². The number of amides is 2. The summed E-state index contributed by atoms with van der Waals surface area (Å²) in [7, 11) is 0. The van der Waals surface area contributed by atoms with Crippen molar-refractivity contribution in [2.75, 3.05) is 17.2 Å². The van der Waals surface area contributed by atoms with Crippen LogP contribution in [0.1, 0.15) is 6.92 Å². The van der Waals surface area contributed by atoms with Gasteiger partial charge < -0.3 is 10.1 Å². The molecule has 0 aliphatic rings. The number of anilines is 2. The molecule has 0 fully saturated rings. The van der Waals surface area contributed by atoms with Gasteiger partial charge in [0.2, 0.25) is 5.82 Å². The van der Waals surface area contributed by atoms with Crippen LogP contribution in [0, 0.1) is 5.82 Å². The van der Waals surface area contributed by atoms with Crippen LogP contribution in [-0.4, -0.2) is 22.2 Å². The van der Waals surface area contributed by atoms with E-state index in [1.807, 2.05) is 6.92 Å². The number of hydrogen-bond donors (Lipinski definition) is 2. The molecule has 2 amide bonds. The summed E-state index contributed by atoms with van der Waals surface area (Å²) in [5.41, 5.74) is 0.454. The van der Waals surface area contributed by atoms with Crippen molar-refractivity contribution < 1.29 is 13.9 Å². The second kappa shape index (κ2) is 8.13. The Hall–Kier alpha value is -3.68. The molecule has 1 aromatic heterocycles. The fourth-order valence-corrected chi connectivity index (χ4v) is 2.37. The van der Waals surface area contributed by atoms with Gasteiger partial charge in [-0.25, -0.2) is 14.2 Å². The molecule has 8 heteroatoms. The lowest BCUT2D eigenvalue weighted by atomic mass is 10.3. The Balaban J connectivity index is 1.73. The van der Waals surface area contributed by atoms with Crippen LogP contribution in [0.3, 0.4) is 0 Å². The second-order valence-electron chi connectivity index (χ2n) is 5.46. The van der Waals surface area contributed by atoms with E-state index in [9.17, 15) is 14.0 Å². The molecule has 0 bridgehead atoms. The largest absolute Gasteiger partial charge is 0.494 e. The SMILES string of the molecule is CCOc1ccc(NC(=O)Nc2nccn(-c3ccc(F)cc3)c2=O)cc1. The number of hydrogen-bond acceptors (Lipinski definition) is 4. The predicted octanol–water partition coefficient (Wildman–Crippen LogP) is 3.41. The molecule has 0 spiro atoms. The highest BCUT2D eigenvalue weighted by Crippen LogP contribution is 2.15. The number of ether oxygens (including phenoxy) is 1. The fraction of sp³-hybridized carbons (Fsp3) is 0.105. The van der Waals surface area contributed by atoms with E-state index >= 15 is 0 Å². The van der Waals surface area contributed by atoms with Crippen LogP contribution in [0.4, 0.5) is 20.7 Å². The smallest absolute Gasteiger partial charge is 0.325 e. The van der Waals surface area contributed by atoms with Gasteiger partial charge in [0.15, 0.2) is 0 Å². The molecule has 2 aromatic carbocycles. The zero-order chi connectivity index (χ0) is 19.2. The Kier molecular flexibility index (Phi) is 5.46. The van der Waals surface area contributed by atoms with Gasteiger partial charge in [0.05, 0.1) is 6.61 Å². The standard InChI is InChI=1S/C19H17FN4O3/c1-2-27-16-9-5-14(6-10-16)22-19(26)23-17-18(25)24(12-11-21-17)15-7-3-13(20)4-8-15/h3-12H,2H2,1H3,(H2,21,22,23,26). The minimum Gasteiger partial charge on any atom is -0.494 e. The lowest BCUT2D eigenvalue weighted by Crippen LogP contribution is -2.28. The number of nitrogens with one attached hydrogen (secondary N) is 2. The molecule has 0 saturated carbocycles. The highest BCUT2D eigenvalue weighted by Gasteiger charge is 2.10. The van der Waals surface area contributed by atoms with Gasteiger partial charge in [-0.1, -0.05) is 0 Å². The van der Waals surface area contributed by atoms with E-state index in [1.54, 1.807) is 24.3 Å². The summed E-state index contributed by atoms with van der Waals surface area (Å²) >= 11 is 0. The minimum atomic E-state index is -0.611. The molecule has 0 unspecified atom stereocenters. The van der Waals surface area contributed by atoms with E-state index < -0.39 is 17.4 Å². The van der Waals surface area contributed by atoms with Crippen molar-refractivity contribution >= 4 is 17.5 Å². The van der Waals surface area contributed by atoms with E-state index in [0.29, 0.717) is 23.7 Å². The predicted molar refractivity (Wildman–Crippen MR) is 100 cm³/mol. The van der Waals surface area contributed by atoms with Gasteiger partial charge in [-0.15, -0.1) is 0 Å². The Labute approximate surface area is 154 Å². The lowest BCUT2D eigenvalue weighted by molar-refractivity contribution is 0.262. The van der Waals surface area contributed by atoms with Crippen LogP contribution < -0.4 is 20.9 Å². The van der Waals surface area contributed by atoms with E-state index in [1.165, 1.54) is 41.2 Å². The topological polar surface area (TPSA) is 85.2 Å². The first-order chi connectivity index (χ1) is 13.1. The summed E-state index contributed by atoms with van der Waals surface area (Å²) in [5, 5.41) is 5.03. The zero-order valence-electron chi connectivity index (χ0n) is 14.5. The Bertz CT molecular complexity index is 985. The molecule has 138 valence electrons. The number of carbonyl (C=O) groups excluding carboxylic acids is 1. The molecule has 1 heterocycles. The molecule has 0 aliphatic heterocycles. The molecule has 7 nitrogen and oxygen atoms in total. The number of rotatable bonds is 5. The summed E-state index contributed by atoms with van der Waals surface area (Å²) in [6.45, 7) is 2.43. The number of carbonyl (C=O) groups is 1. The van der Waals surface area contributed by atoms with Gasteiger partial charge in [-0.05, 0) is 55.5 Å². The third kappa shape index (κ3) is 4.49. The molecule has 0 radical (unpaired) electrons. The third-order valence-corrected chi connectivity index (χ3v) is 3.60. The molecule has 27 heavy (non-hydrogen) atoms. The summed E-state index contributed by atoms with van der Waals surface area (Å²) in [5.74, 6) is 0.134. The minimum absolute atomic E-state index is 0.148. The Morgan fingerprint density at radius 2 is 1.81 bits per heavy atom. The Morgan fingerprint density at radius 1 is 1.11 bits per heavy atom. The van der Waals surface area contributed by atoms with Gasteiger partial charge in [0.1, 0.15) is 11.6 Å². The van der Waals surface area contributed by atoms with Crippen LogP contribution in [0.2, 0.25) is 0 Å². The number of benzene rings is 2. The molecule has 3 aromatic rings. The highest BCUT2D eigenvalue weighted by atomic mass is 19.1. The summed E-state index contributed by atoms with van der Waals surface area (Å²) in [6, 6.07) is 11.6. The quantitative estimate of drug-likeness (QED) is 0.723. The highest BCUT2D eigenvalue weighted by molar-refractivity contribution is 5.99. The third-order valence-electron chi connectivity index (χ3n) is 3.60. The lowest BCUT2D eigenvalue weighted by Gasteiger charge is -2.10. The summed E-state index contributed by atoms with van der Waals surface area (Å²) in [6.07, 6.45) is 2.81. The van der Waals surface area contributed by atoms with Gasteiger partial charge in [0, 0.05) is 23.8 Å². The van der Waals surface area contributed by atoms with Crippen LogP contribution in [0.5, 0.6) is 5.75 Å². The van der Waals surface area contributed by atoms with E-state index in [4.69, 9.17) is 4.74 Å². The van der Waals surface area contributed by atoms with Crippen molar-refractivity contribution in [2.45, 2.75) is 6.92 Å². The second-order valence-corrected chi connectivity index (χ2v) is 5.46. The summed E-state index contributed by atoms with van der Waals surface area (Å²) < 4.78 is 19.7. The van der Waals surface area contributed by atoms with Crippen LogP contribution in [-0.2, 0) is 0 Å². The monoisotopic (exact) mass is 368 g/mol. The maximum Gasteiger partial charge on any atom is 0.325 e. The van der Waals surface area contributed by atoms with E-state index in [2.05, 4.69) is 15.6 Å². The van der Waals surface area contributed by atoms with Crippen molar-refractivity contribution in [3.8, 4) is 11.4 Å². The Morgan fingerprint density at radius 3 is 2.48 bits per heavy atom. The molecule has 0 atom stereocenters. The number of halogens is 1. The molecule has 0 saturated heterocycles. The van der Waals surface area contributed by atoms with E-state index in [0.717, 1.165) is 0 Å². The van der Waals surface area contributed by atoms with Crippen molar-refractivity contribution in [3.63, 3.8) is 0 Å². The normalized spacial score (nSPS) is 10.3. The number of nitrogens with zero attached hydrogens (tertiary/aromatic N) is 2. The first-order valence-electron chi connectivity index (χ1n) is 8.21. The number of aromatic nitrogens is 2. The van der Waals surface area contributed by atoms with Crippen LogP contribution in [0.25, 0.3) is 5.69 Å². The first kappa shape index (κ1) is 18.1. The van der Waals surface area contributed by atoms with Crippen molar-refractivity contribution in [1.29, 1.82) is 0 Å². The van der Waals surface area contributed by atoms with Gasteiger partial charge in [-0.2, -0.15) is 0 Å². The first-order valence-corrected chi connectivity index (χ1v) is 8.21. The zero-order valence-corrected chi connectivity index (χ0v) is 14.5. The molecule has 2 N–H and O–H groups in total.